The van der Waals surface area contributed by atoms with Gasteiger partial charge >= 0.3 is 0 Å². The highest BCUT2D eigenvalue weighted by atomic mass is 32.2. The molecule has 0 spiro atoms. The van der Waals surface area contributed by atoms with Crippen molar-refractivity contribution in [3.63, 3.8) is 0 Å². The molecule has 0 fully saturated rings. The van der Waals surface area contributed by atoms with Gasteiger partial charge in [-0.05, 0) is 24.3 Å². The van der Waals surface area contributed by atoms with Crippen molar-refractivity contribution < 1.29 is 58.4 Å². The van der Waals surface area contributed by atoms with Gasteiger partial charge in [-0.2, -0.15) is 16.8 Å². The lowest BCUT2D eigenvalue weighted by Crippen LogP contribution is -2.16. The zero-order valence-corrected chi connectivity index (χ0v) is 25.8. The summed E-state index contributed by atoms with van der Waals surface area (Å²) in [6.07, 6.45) is 0. The predicted octanol–water partition coefficient (Wildman–Crippen LogP) is 1.91. The Morgan fingerprint density at radius 1 is 0.326 bits per heavy atom. The molecule has 43 heavy (non-hydrogen) atoms. The third-order valence-electron chi connectivity index (χ3n) is 5.23. The van der Waals surface area contributed by atoms with Crippen molar-refractivity contribution >= 4 is 20.2 Å². The van der Waals surface area contributed by atoms with E-state index < -0.39 is 20.2 Å². The average Bonchev–Trinajstić information content (AvgIpc) is 3.02. The van der Waals surface area contributed by atoms with Crippen molar-refractivity contribution in [1.82, 2.24) is 0 Å². The first-order valence-electron chi connectivity index (χ1n) is 13.8. The Kier molecular flexibility index (Phi) is 20.2. The average molecular weight is 651 g/mol. The fourth-order valence-electron chi connectivity index (χ4n) is 3.14. The maximum absolute atomic E-state index is 11.9. The molecule has 0 saturated carbocycles. The molecule has 0 bridgehead atoms. The summed E-state index contributed by atoms with van der Waals surface area (Å²) in [5.74, 6) is 0. The van der Waals surface area contributed by atoms with Crippen molar-refractivity contribution in [2.24, 2.45) is 0 Å². The summed E-state index contributed by atoms with van der Waals surface area (Å²) in [4.78, 5) is 0.223. The molecule has 0 atom stereocenters. The number of hydrogen-bond acceptors (Lipinski definition) is 13. The largest absolute Gasteiger partial charge is 0.377 e. The van der Waals surface area contributed by atoms with Crippen molar-refractivity contribution in [2.45, 2.75) is 9.79 Å². The molecule has 0 amide bonds. The van der Waals surface area contributed by atoms with E-state index in [4.69, 9.17) is 41.5 Å². The second kappa shape index (κ2) is 23.4. The molecule has 0 heterocycles. The molecular formula is C28H42O13S2. The van der Waals surface area contributed by atoms with E-state index in [0.29, 0.717) is 79.3 Å². The molecule has 13 nitrogen and oxygen atoms in total. The molecule has 0 N–H and O–H groups in total. The maximum Gasteiger partial charge on any atom is 0.297 e. The second-order valence-corrected chi connectivity index (χ2v) is 11.7. The van der Waals surface area contributed by atoms with E-state index in [-0.39, 0.29) is 36.2 Å². The van der Waals surface area contributed by atoms with Crippen LogP contribution in [0.5, 0.6) is 0 Å². The van der Waals surface area contributed by atoms with Gasteiger partial charge in [0.25, 0.3) is 20.2 Å². The molecule has 0 aromatic heterocycles. The van der Waals surface area contributed by atoms with Gasteiger partial charge < -0.3 is 33.2 Å². The van der Waals surface area contributed by atoms with Crippen LogP contribution in [0.2, 0.25) is 0 Å². The van der Waals surface area contributed by atoms with Crippen LogP contribution >= 0.6 is 0 Å². The third kappa shape index (κ3) is 18.4. The monoisotopic (exact) mass is 650 g/mol. The van der Waals surface area contributed by atoms with Crippen molar-refractivity contribution in [3.05, 3.63) is 60.7 Å². The summed E-state index contributed by atoms with van der Waals surface area (Å²) in [6.45, 7) is 4.85. The van der Waals surface area contributed by atoms with Crippen LogP contribution in [0, 0.1) is 0 Å². The minimum Gasteiger partial charge on any atom is -0.377 e. The summed E-state index contributed by atoms with van der Waals surface area (Å²) in [7, 11) is -7.53. The van der Waals surface area contributed by atoms with Crippen LogP contribution in [0.15, 0.2) is 70.5 Å². The van der Waals surface area contributed by atoms with E-state index in [9.17, 15) is 16.8 Å². The highest BCUT2D eigenvalue weighted by Crippen LogP contribution is 2.11. The quantitative estimate of drug-likeness (QED) is 0.0975. The lowest BCUT2D eigenvalue weighted by Gasteiger charge is -2.09. The summed E-state index contributed by atoms with van der Waals surface area (Å²) in [5.41, 5.74) is 0. The molecule has 0 saturated heterocycles. The zero-order chi connectivity index (χ0) is 30.9. The van der Waals surface area contributed by atoms with E-state index in [1.807, 2.05) is 0 Å². The number of hydrogen-bond donors (Lipinski definition) is 0. The Morgan fingerprint density at radius 2 is 0.535 bits per heavy atom. The molecule has 0 aliphatic rings. The van der Waals surface area contributed by atoms with Crippen LogP contribution in [-0.2, 0) is 61.8 Å². The molecule has 15 heteroatoms. The Morgan fingerprint density at radius 3 is 0.767 bits per heavy atom. The van der Waals surface area contributed by atoms with Crippen molar-refractivity contribution in [2.75, 3.05) is 106 Å². The molecule has 2 aromatic rings. The van der Waals surface area contributed by atoms with Crippen LogP contribution in [0.25, 0.3) is 0 Å². The van der Waals surface area contributed by atoms with Gasteiger partial charge in [0, 0.05) is 0 Å². The van der Waals surface area contributed by atoms with Crippen LogP contribution in [-0.4, -0.2) is 123 Å². The first-order chi connectivity index (χ1) is 20.9. The van der Waals surface area contributed by atoms with Crippen LogP contribution in [0.1, 0.15) is 0 Å². The van der Waals surface area contributed by atoms with Gasteiger partial charge in [-0.1, -0.05) is 36.4 Å². The van der Waals surface area contributed by atoms with E-state index in [1.165, 1.54) is 24.3 Å². The van der Waals surface area contributed by atoms with E-state index in [1.54, 1.807) is 36.4 Å². The molecule has 2 aromatic carbocycles. The normalized spacial score (nSPS) is 12.1. The fourth-order valence-corrected chi connectivity index (χ4v) is 4.97. The van der Waals surface area contributed by atoms with Crippen molar-refractivity contribution in [3.8, 4) is 0 Å². The van der Waals surface area contributed by atoms with Gasteiger partial charge in [0.15, 0.2) is 0 Å². The van der Waals surface area contributed by atoms with Gasteiger partial charge in [0.2, 0.25) is 0 Å². The van der Waals surface area contributed by atoms with Crippen LogP contribution < -0.4 is 0 Å². The highest BCUT2D eigenvalue weighted by Gasteiger charge is 2.14. The number of benzene rings is 2. The third-order valence-corrected chi connectivity index (χ3v) is 7.88. The minimum atomic E-state index is -3.77. The number of ether oxygens (including phenoxy) is 7. The molecule has 2 rings (SSSR count). The zero-order valence-electron chi connectivity index (χ0n) is 24.2. The number of rotatable bonds is 28. The van der Waals surface area contributed by atoms with Gasteiger partial charge in [0.1, 0.15) is 0 Å². The molecular weight excluding hydrogens is 608 g/mol. The standard InChI is InChI=1S/C28H42O13S2/c29-42(30,27-7-3-1-4-8-27)40-25-23-38-21-19-36-17-15-34-13-11-33-12-14-35-16-18-37-20-22-39-24-26-41-43(31,32)28-9-5-2-6-10-28/h1-10H,11-26H2. The van der Waals surface area contributed by atoms with Crippen LogP contribution in [0.4, 0.5) is 0 Å². The lowest BCUT2D eigenvalue weighted by atomic mass is 10.4. The van der Waals surface area contributed by atoms with E-state index >= 15 is 0 Å². The van der Waals surface area contributed by atoms with Crippen molar-refractivity contribution in [1.29, 1.82) is 0 Å². The Labute approximate surface area is 254 Å². The SMILES string of the molecule is O=S(=O)(OCCOCCOCCOCCOCCOCCOCCOCCOS(=O)(=O)c1ccccc1)c1ccccc1. The van der Waals surface area contributed by atoms with E-state index in [0.717, 1.165) is 0 Å². The molecule has 0 aliphatic carbocycles. The minimum absolute atomic E-state index is 0.0693. The maximum atomic E-state index is 11.9. The first-order valence-corrected chi connectivity index (χ1v) is 16.7. The highest BCUT2D eigenvalue weighted by molar-refractivity contribution is 7.87. The Hall–Kier alpha value is -2.02. The summed E-state index contributed by atoms with van der Waals surface area (Å²) in [6, 6.07) is 15.9. The predicted molar refractivity (Wildman–Crippen MR) is 155 cm³/mol. The molecule has 0 unspecified atom stereocenters. The fraction of sp³-hybridized carbons (Fsp3) is 0.571. The van der Waals surface area contributed by atoms with Gasteiger partial charge in [-0.15, -0.1) is 0 Å². The smallest absolute Gasteiger partial charge is 0.297 e. The Bertz CT molecular complexity index is 1060. The van der Waals surface area contributed by atoms with Gasteiger partial charge in [-0.3, -0.25) is 8.37 Å². The molecule has 0 aliphatic heterocycles. The van der Waals surface area contributed by atoms with E-state index in [2.05, 4.69) is 0 Å². The lowest BCUT2D eigenvalue weighted by molar-refractivity contribution is -0.0217. The first kappa shape index (κ1) is 37.2. The second-order valence-electron chi connectivity index (χ2n) is 8.46. The van der Waals surface area contributed by atoms with Gasteiger partial charge in [-0.25, -0.2) is 0 Å². The molecule has 244 valence electrons. The summed E-state index contributed by atoms with van der Waals surface area (Å²) >= 11 is 0. The van der Waals surface area contributed by atoms with Gasteiger partial charge in [0.05, 0.1) is 116 Å². The van der Waals surface area contributed by atoms with Crippen LogP contribution in [0.3, 0.4) is 0 Å². The summed E-state index contributed by atoms with van der Waals surface area (Å²) < 4.78 is 95.3. The Balaban J connectivity index is 1.23. The summed E-state index contributed by atoms with van der Waals surface area (Å²) in [5, 5.41) is 0. The topological polar surface area (TPSA) is 151 Å². The molecule has 0 radical (unpaired) electrons.